The van der Waals surface area contributed by atoms with Gasteiger partial charge in [-0.05, 0) is 29.5 Å². The molecule has 1 aliphatic carbocycles. The summed E-state index contributed by atoms with van der Waals surface area (Å²) in [5.41, 5.74) is 1.12. The molecule has 2 aliphatic rings. The van der Waals surface area contributed by atoms with E-state index in [9.17, 15) is 8.42 Å². The van der Waals surface area contributed by atoms with Gasteiger partial charge < -0.3 is 9.47 Å². The minimum Gasteiger partial charge on any atom is -0.384 e. The van der Waals surface area contributed by atoms with Crippen LogP contribution in [-0.4, -0.2) is 40.9 Å². The van der Waals surface area contributed by atoms with E-state index >= 15 is 0 Å². The maximum absolute atomic E-state index is 12.7. The fourth-order valence-electron chi connectivity index (χ4n) is 3.78. The molecular weight excluding hydrogens is 326 g/mol. The van der Waals surface area contributed by atoms with Gasteiger partial charge in [0.25, 0.3) is 0 Å². The lowest BCUT2D eigenvalue weighted by molar-refractivity contribution is -0.0775. The van der Waals surface area contributed by atoms with Crippen LogP contribution < -0.4 is 4.72 Å². The molecule has 4 atom stereocenters. The second-order valence-electron chi connectivity index (χ2n) is 7.83. The molecule has 0 aromatic heterocycles. The Morgan fingerprint density at radius 2 is 1.92 bits per heavy atom. The summed E-state index contributed by atoms with van der Waals surface area (Å²) in [5.74, 6) is 0.347. The van der Waals surface area contributed by atoms with Crippen LogP contribution in [0.4, 0.5) is 0 Å². The average Bonchev–Trinajstić information content (AvgIpc) is 2.94. The zero-order valence-electron chi connectivity index (χ0n) is 14.8. The third-order valence-electron chi connectivity index (χ3n) is 5.21. The molecule has 0 unspecified atom stereocenters. The van der Waals surface area contributed by atoms with Crippen LogP contribution in [0.2, 0.25) is 0 Å². The van der Waals surface area contributed by atoms with Crippen LogP contribution in [0.5, 0.6) is 0 Å². The highest BCUT2D eigenvalue weighted by molar-refractivity contribution is 7.89. The smallest absolute Gasteiger partial charge is 0.240 e. The van der Waals surface area contributed by atoms with E-state index in [1.807, 2.05) is 12.1 Å². The molecule has 134 valence electrons. The summed E-state index contributed by atoms with van der Waals surface area (Å²) in [5, 5.41) is 0. The Bertz CT molecular complexity index is 678. The van der Waals surface area contributed by atoms with Crippen LogP contribution in [0.25, 0.3) is 0 Å². The first-order chi connectivity index (χ1) is 11.2. The van der Waals surface area contributed by atoms with Gasteiger partial charge in [0.05, 0.1) is 17.6 Å². The minimum absolute atomic E-state index is 0.00165. The number of hydrogen-bond donors (Lipinski definition) is 1. The van der Waals surface area contributed by atoms with Gasteiger partial charge in [-0.25, -0.2) is 13.1 Å². The monoisotopic (exact) mass is 353 g/mol. The third-order valence-corrected chi connectivity index (χ3v) is 6.68. The third kappa shape index (κ3) is 3.25. The number of nitrogens with one attached hydrogen (secondary N) is 1. The quantitative estimate of drug-likeness (QED) is 0.882. The lowest BCUT2D eigenvalue weighted by Crippen LogP contribution is -2.62. The summed E-state index contributed by atoms with van der Waals surface area (Å²) >= 11 is 0. The molecule has 1 aromatic carbocycles. The van der Waals surface area contributed by atoms with Gasteiger partial charge in [0.15, 0.2) is 0 Å². The number of rotatable bonds is 5. The molecular formula is C18H27NO4S. The Balaban J connectivity index is 1.76. The lowest BCUT2D eigenvalue weighted by Gasteiger charge is -2.47. The van der Waals surface area contributed by atoms with Crippen molar-refractivity contribution in [2.75, 3.05) is 20.3 Å². The number of methoxy groups -OCH3 is 1. The normalized spacial score (nSPS) is 30.0. The average molecular weight is 353 g/mol. The van der Waals surface area contributed by atoms with Crippen molar-refractivity contribution in [2.24, 2.45) is 11.8 Å². The molecule has 1 heterocycles. The Morgan fingerprint density at radius 3 is 2.50 bits per heavy atom. The predicted molar refractivity (Wildman–Crippen MR) is 92.5 cm³/mol. The first kappa shape index (κ1) is 17.9. The molecule has 1 N–H and O–H groups in total. The first-order valence-electron chi connectivity index (χ1n) is 8.47. The van der Waals surface area contributed by atoms with Gasteiger partial charge in [0.1, 0.15) is 0 Å². The van der Waals surface area contributed by atoms with Crippen molar-refractivity contribution in [2.45, 2.75) is 49.6 Å². The summed E-state index contributed by atoms with van der Waals surface area (Å²) in [4.78, 5) is 0.314. The number of sulfonamides is 1. The zero-order valence-corrected chi connectivity index (χ0v) is 15.6. The molecule has 6 heteroatoms. The molecule has 1 saturated carbocycles. The summed E-state index contributed by atoms with van der Waals surface area (Å²) in [6.07, 6.45) is 1.03. The van der Waals surface area contributed by atoms with E-state index in [-0.39, 0.29) is 29.4 Å². The molecule has 24 heavy (non-hydrogen) atoms. The summed E-state index contributed by atoms with van der Waals surface area (Å²) in [7, 11) is -1.90. The Labute approximate surface area is 144 Å². The van der Waals surface area contributed by atoms with Gasteiger partial charge in [0.2, 0.25) is 10.0 Å². The molecule has 0 spiro atoms. The van der Waals surface area contributed by atoms with E-state index in [2.05, 4.69) is 25.5 Å². The Hall–Kier alpha value is -0.950. The van der Waals surface area contributed by atoms with E-state index in [1.54, 1.807) is 19.2 Å². The molecule has 2 fully saturated rings. The molecule has 0 amide bonds. The maximum atomic E-state index is 12.7. The Kier molecular flexibility index (Phi) is 4.77. The summed E-state index contributed by atoms with van der Waals surface area (Å²) < 4.78 is 39.3. The summed E-state index contributed by atoms with van der Waals surface area (Å²) in [6, 6.07) is 7.06. The van der Waals surface area contributed by atoms with Crippen molar-refractivity contribution in [3.8, 4) is 0 Å². The van der Waals surface area contributed by atoms with Crippen molar-refractivity contribution >= 4 is 10.0 Å². The van der Waals surface area contributed by atoms with Gasteiger partial charge in [-0.1, -0.05) is 32.9 Å². The predicted octanol–water partition coefficient (Wildman–Crippen LogP) is 2.31. The Morgan fingerprint density at radius 1 is 1.25 bits per heavy atom. The summed E-state index contributed by atoms with van der Waals surface area (Å²) in [6.45, 7) is 7.54. The molecule has 1 aromatic rings. The second kappa shape index (κ2) is 6.41. The second-order valence-corrected chi connectivity index (χ2v) is 9.54. The van der Waals surface area contributed by atoms with Gasteiger partial charge in [-0.15, -0.1) is 0 Å². The van der Waals surface area contributed by atoms with Crippen molar-refractivity contribution in [3.05, 3.63) is 29.8 Å². The van der Waals surface area contributed by atoms with Crippen molar-refractivity contribution in [1.29, 1.82) is 0 Å². The number of fused-ring (bicyclic) bond motifs is 1. The molecule has 0 radical (unpaired) electrons. The highest BCUT2D eigenvalue weighted by Gasteiger charge is 2.54. The standard InChI is InChI=1S/C18H27NO4S/c1-18(2,3)12-5-7-13(8-6-12)24(20,21)19-16-14-9-10-23-17(14)15(16)11-22-4/h5-8,14-17,19H,9-11H2,1-4H3/t14-,15+,16+,17-/m0/s1. The highest BCUT2D eigenvalue weighted by atomic mass is 32.2. The topological polar surface area (TPSA) is 64.6 Å². The molecule has 0 bridgehead atoms. The van der Waals surface area contributed by atoms with Crippen LogP contribution in [0.1, 0.15) is 32.8 Å². The van der Waals surface area contributed by atoms with Gasteiger partial charge >= 0.3 is 0 Å². The molecule has 1 aliphatic heterocycles. The number of benzene rings is 1. The van der Waals surface area contributed by atoms with Crippen LogP contribution >= 0.6 is 0 Å². The number of hydrogen-bond acceptors (Lipinski definition) is 4. The van der Waals surface area contributed by atoms with Crippen molar-refractivity contribution in [1.82, 2.24) is 4.72 Å². The van der Waals surface area contributed by atoms with E-state index in [4.69, 9.17) is 9.47 Å². The van der Waals surface area contributed by atoms with Crippen molar-refractivity contribution < 1.29 is 17.9 Å². The molecule has 5 nitrogen and oxygen atoms in total. The van der Waals surface area contributed by atoms with E-state index in [1.165, 1.54) is 0 Å². The highest BCUT2D eigenvalue weighted by Crippen LogP contribution is 2.44. The van der Waals surface area contributed by atoms with E-state index in [0.717, 1.165) is 12.0 Å². The van der Waals surface area contributed by atoms with Gasteiger partial charge in [-0.3, -0.25) is 0 Å². The number of ether oxygens (including phenoxy) is 2. The van der Waals surface area contributed by atoms with Gasteiger partial charge in [0, 0.05) is 31.6 Å². The molecule has 3 rings (SSSR count). The largest absolute Gasteiger partial charge is 0.384 e. The zero-order chi connectivity index (χ0) is 17.5. The lowest BCUT2D eigenvalue weighted by atomic mass is 9.68. The first-order valence-corrected chi connectivity index (χ1v) is 9.96. The maximum Gasteiger partial charge on any atom is 0.240 e. The SMILES string of the molecule is COC[C@@H]1[C@H](NS(=O)(=O)c2ccc(C(C)(C)C)cc2)[C@@H]2CCO[C@H]12. The van der Waals surface area contributed by atoms with E-state index in [0.29, 0.717) is 18.1 Å². The van der Waals surface area contributed by atoms with E-state index < -0.39 is 10.0 Å². The molecule has 1 saturated heterocycles. The fraction of sp³-hybridized carbons (Fsp3) is 0.667. The van der Waals surface area contributed by atoms with Crippen LogP contribution in [0, 0.1) is 11.8 Å². The van der Waals surface area contributed by atoms with Crippen LogP contribution in [0.15, 0.2) is 29.2 Å². The van der Waals surface area contributed by atoms with Crippen molar-refractivity contribution in [3.63, 3.8) is 0 Å². The van der Waals surface area contributed by atoms with Gasteiger partial charge in [-0.2, -0.15) is 0 Å². The minimum atomic E-state index is -3.53. The van der Waals surface area contributed by atoms with Crippen LogP contribution in [-0.2, 0) is 24.9 Å². The fourth-order valence-corrected chi connectivity index (χ4v) is 5.11. The van der Waals surface area contributed by atoms with Crippen LogP contribution in [0.3, 0.4) is 0 Å².